The Morgan fingerprint density at radius 2 is 1.81 bits per heavy atom. The molecular formula is C18H27N3O4S. The molecule has 2 aliphatic rings. The summed E-state index contributed by atoms with van der Waals surface area (Å²) in [7, 11) is -3.48. The number of benzene rings is 1. The first-order valence-electron chi connectivity index (χ1n) is 9.23. The molecule has 0 radical (unpaired) electrons. The molecule has 8 heteroatoms. The Morgan fingerprint density at radius 3 is 2.38 bits per heavy atom. The van der Waals surface area contributed by atoms with Crippen molar-refractivity contribution in [1.29, 1.82) is 0 Å². The third-order valence-electron chi connectivity index (χ3n) is 4.74. The van der Waals surface area contributed by atoms with E-state index in [-0.39, 0.29) is 22.9 Å². The number of nitrogens with zero attached hydrogens (tertiary/aromatic N) is 1. The van der Waals surface area contributed by atoms with Crippen molar-refractivity contribution < 1.29 is 17.9 Å². The van der Waals surface area contributed by atoms with Gasteiger partial charge in [-0.2, -0.15) is 0 Å². The van der Waals surface area contributed by atoms with Gasteiger partial charge in [-0.25, -0.2) is 13.1 Å². The monoisotopic (exact) mass is 381 g/mol. The number of rotatable bonds is 8. The van der Waals surface area contributed by atoms with Crippen molar-refractivity contribution in [3.8, 4) is 0 Å². The second-order valence-corrected chi connectivity index (χ2v) is 8.64. The van der Waals surface area contributed by atoms with Gasteiger partial charge in [-0.1, -0.05) is 0 Å². The molecule has 0 unspecified atom stereocenters. The average Bonchev–Trinajstić information content (AvgIpc) is 3.45. The number of sulfonamides is 1. The largest absolute Gasteiger partial charge is 0.378 e. The molecule has 1 amide bonds. The summed E-state index contributed by atoms with van der Waals surface area (Å²) in [6, 6.07) is 6.25. The van der Waals surface area contributed by atoms with Crippen LogP contribution in [0.1, 0.15) is 42.5 Å². The quantitative estimate of drug-likeness (QED) is 0.657. The lowest BCUT2D eigenvalue weighted by atomic mass is 10.1. The number of ether oxygens (including phenoxy) is 1. The number of nitrogens with two attached hydrogens (primary N) is 1. The highest BCUT2D eigenvalue weighted by molar-refractivity contribution is 7.89. The molecule has 2 fully saturated rings. The number of carbonyl (C=O) groups is 1. The van der Waals surface area contributed by atoms with Crippen LogP contribution in [-0.4, -0.2) is 57.6 Å². The number of hydrogen-bond acceptors (Lipinski definition) is 5. The van der Waals surface area contributed by atoms with Crippen molar-refractivity contribution in [3.63, 3.8) is 0 Å². The molecule has 1 saturated heterocycles. The summed E-state index contributed by atoms with van der Waals surface area (Å²) in [5, 5.41) is 0. The predicted molar refractivity (Wildman–Crippen MR) is 98.3 cm³/mol. The topological polar surface area (TPSA) is 102 Å². The van der Waals surface area contributed by atoms with E-state index in [0.29, 0.717) is 31.8 Å². The molecule has 7 nitrogen and oxygen atoms in total. The number of piperidine rings is 1. The minimum atomic E-state index is -3.48. The second kappa shape index (κ2) is 8.47. The molecule has 0 aromatic heterocycles. The molecule has 144 valence electrons. The molecule has 26 heavy (non-hydrogen) atoms. The lowest BCUT2D eigenvalue weighted by Crippen LogP contribution is -2.41. The zero-order valence-electron chi connectivity index (χ0n) is 14.9. The van der Waals surface area contributed by atoms with Crippen LogP contribution in [0.4, 0.5) is 0 Å². The molecule has 1 aliphatic heterocycles. The van der Waals surface area contributed by atoms with Gasteiger partial charge in [0.05, 0.1) is 11.0 Å². The van der Waals surface area contributed by atoms with Gasteiger partial charge in [0, 0.05) is 31.3 Å². The molecule has 3 rings (SSSR count). The Balaban J connectivity index is 1.53. The average molecular weight is 381 g/mol. The molecule has 3 N–H and O–H groups in total. The fourth-order valence-corrected chi connectivity index (χ4v) is 4.31. The van der Waals surface area contributed by atoms with E-state index in [1.54, 1.807) is 17.0 Å². The first-order chi connectivity index (χ1) is 12.5. The standard InChI is InChI=1S/C18H27N3O4S/c19-10-1-13-25-16-8-11-21(12-9-16)18(22)14-2-6-17(7-3-14)26(23,24)20-15-4-5-15/h2-3,6-7,15-16,20H,1,4-5,8-13,19H2. The Labute approximate surface area is 154 Å². The third-order valence-corrected chi connectivity index (χ3v) is 6.28. The molecule has 1 saturated carbocycles. The smallest absolute Gasteiger partial charge is 0.253 e. The van der Waals surface area contributed by atoms with Gasteiger partial charge in [0.2, 0.25) is 10.0 Å². The fraction of sp³-hybridized carbons (Fsp3) is 0.611. The van der Waals surface area contributed by atoms with Crippen molar-refractivity contribution in [3.05, 3.63) is 29.8 Å². The van der Waals surface area contributed by atoms with Crippen molar-refractivity contribution in [2.24, 2.45) is 5.73 Å². The summed E-state index contributed by atoms with van der Waals surface area (Å²) in [6.07, 6.45) is 4.45. The molecule has 0 atom stereocenters. The SMILES string of the molecule is NCCCOC1CCN(C(=O)c2ccc(S(=O)(=O)NC3CC3)cc2)CC1. The maximum Gasteiger partial charge on any atom is 0.253 e. The van der Waals surface area contributed by atoms with E-state index in [1.165, 1.54) is 12.1 Å². The van der Waals surface area contributed by atoms with E-state index in [4.69, 9.17) is 10.5 Å². The van der Waals surface area contributed by atoms with Crippen LogP contribution in [0.3, 0.4) is 0 Å². The van der Waals surface area contributed by atoms with Crippen LogP contribution in [0.15, 0.2) is 29.2 Å². The van der Waals surface area contributed by atoms with Gasteiger partial charge in [-0.05, 0) is 62.9 Å². The van der Waals surface area contributed by atoms with E-state index >= 15 is 0 Å². The highest BCUT2D eigenvalue weighted by Gasteiger charge is 2.28. The van der Waals surface area contributed by atoms with E-state index in [9.17, 15) is 13.2 Å². The number of hydrogen-bond donors (Lipinski definition) is 2. The maximum absolute atomic E-state index is 12.6. The molecule has 1 aromatic carbocycles. The van der Waals surface area contributed by atoms with Crippen LogP contribution in [0, 0.1) is 0 Å². The van der Waals surface area contributed by atoms with Crippen molar-refractivity contribution >= 4 is 15.9 Å². The van der Waals surface area contributed by atoms with Gasteiger partial charge >= 0.3 is 0 Å². The van der Waals surface area contributed by atoms with Crippen LogP contribution in [0.2, 0.25) is 0 Å². The fourth-order valence-electron chi connectivity index (χ4n) is 3.01. The third kappa shape index (κ3) is 5.03. The van der Waals surface area contributed by atoms with Crippen molar-refractivity contribution in [2.45, 2.75) is 49.1 Å². The summed E-state index contributed by atoms with van der Waals surface area (Å²) in [5.74, 6) is -0.0653. The summed E-state index contributed by atoms with van der Waals surface area (Å²) in [5.41, 5.74) is 5.97. The van der Waals surface area contributed by atoms with Crippen LogP contribution in [0.25, 0.3) is 0 Å². The van der Waals surface area contributed by atoms with Gasteiger partial charge in [0.25, 0.3) is 5.91 Å². The number of amides is 1. The zero-order valence-corrected chi connectivity index (χ0v) is 15.7. The number of carbonyl (C=O) groups excluding carboxylic acids is 1. The van der Waals surface area contributed by atoms with Crippen LogP contribution in [0.5, 0.6) is 0 Å². The molecule has 0 bridgehead atoms. The van der Waals surface area contributed by atoms with Gasteiger partial charge in [0.1, 0.15) is 0 Å². The highest BCUT2D eigenvalue weighted by Crippen LogP contribution is 2.23. The lowest BCUT2D eigenvalue weighted by Gasteiger charge is -2.32. The first kappa shape index (κ1) is 19.3. The Morgan fingerprint density at radius 1 is 1.15 bits per heavy atom. The second-order valence-electron chi connectivity index (χ2n) is 6.92. The Kier molecular flexibility index (Phi) is 6.29. The molecule has 0 spiro atoms. The van der Waals surface area contributed by atoms with Crippen molar-refractivity contribution in [2.75, 3.05) is 26.2 Å². The minimum Gasteiger partial charge on any atom is -0.378 e. The summed E-state index contributed by atoms with van der Waals surface area (Å²) < 4.78 is 32.8. The van der Waals surface area contributed by atoms with Gasteiger partial charge in [-0.15, -0.1) is 0 Å². The number of likely N-dealkylation sites (tertiary alicyclic amines) is 1. The van der Waals surface area contributed by atoms with Crippen LogP contribution < -0.4 is 10.5 Å². The summed E-state index contributed by atoms with van der Waals surface area (Å²) in [4.78, 5) is 14.6. The lowest BCUT2D eigenvalue weighted by molar-refractivity contribution is 0.00844. The maximum atomic E-state index is 12.6. The van der Waals surface area contributed by atoms with E-state index < -0.39 is 10.0 Å². The van der Waals surface area contributed by atoms with Gasteiger partial charge in [0.15, 0.2) is 0 Å². The van der Waals surface area contributed by atoms with E-state index in [1.807, 2.05) is 0 Å². The van der Waals surface area contributed by atoms with Crippen LogP contribution >= 0.6 is 0 Å². The number of nitrogens with one attached hydrogen (secondary N) is 1. The normalized spacial score (nSPS) is 18.9. The van der Waals surface area contributed by atoms with Crippen molar-refractivity contribution in [1.82, 2.24) is 9.62 Å². The summed E-state index contributed by atoms with van der Waals surface area (Å²) >= 11 is 0. The molecule has 1 aromatic rings. The first-order valence-corrected chi connectivity index (χ1v) is 10.7. The molecule has 1 heterocycles. The predicted octanol–water partition coefficient (Wildman–Crippen LogP) is 1.10. The van der Waals surface area contributed by atoms with E-state index in [2.05, 4.69) is 4.72 Å². The van der Waals surface area contributed by atoms with Gasteiger partial charge in [-0.3, -0.25) is 4.79 Å². The zero-order chi connectivity index (χ0) is 18.6. The summed E-state index contributed by atoms with van der Waals surface area (Å²) in [6.45, 7) is 2.59. The van der Waals surface area contributed by atoms with Gasteiger partial charge < -0.3 is 15.4 Å². The molecular weight excluding hydrogens is 354 g/mol. The highest BCUT2D eigenvalue weighted by atomic mass is 32.2. The van der Waals surface area contributed by atoms with Crippen LogP contribution in [-0.2, 0) is 14.8 Å². The van der Waals surface area contributed by atoms with E-state index in [0.717, 1.165) is 32.1 Å². The Bertz CT molecular complexity index is 708. The minimum absolute atomic E-state index is 0.0645. The molecule has 1 aliphatic carbocycles. The Hall–Kier alpha value is -1.48.